The van der Waals surface area contributed by atoms with Crippen molar-refractivity contribution in [2.24, 2.45) is 5.92 Å². The number of hydrogen-bond acceptors (Lipinski definition) is 4. The summed E-state index contributed by atoms with van der Waals surface area (Å²) < 4.78 is 5.78. The number of carbonyl (C=O) groups excluding carboxylic acids is 2. The first-order valence-electron chi connectivity index (χ1n) is 11.3. The van der Waals surface area contributed by atoms with Crippen molar-refractivity contribution in [1.29, 1.82) is 0 Å². The van der Waals surface area contributed by atoms with E-state index in [1.807, 2.05) is 23.1 Å². The number of piperidine rings is 1. The molecule has 5 rings (SSSR count). The largest absolute Gasteiger partial charge is 0.484 e. The minimum absolute atomic E-state index is 0.0497. The van der Waals surface area contributed by atoms with Crippen molar-refractivity contribution in [1.82, 2.24) is 4.90 Å². The van der Waals surface area contributed by atoms with Gasteiger partial charge in [-0.1, -0.05) is 18.2 Å². The normalized spacial score (nSPS) is 18.4. The van der Waals surface area contributed by atoms with Crippen LogP contribution >= 0.6 is 0 Å². The highest BCUT2D eigenvalue weighted by Crippen LogP contribution is 2.30. The maximum Gasteiger partial charge on any atom is 0.260 e. The van der Waals surface area contributed by atoms with Crippen LogP contribution in [0.4, 0.5) is 11.4 Å². The molecule has 0 aromatic heterocycles. The van der Waals surface area contributed by atoms with Crippen LogP contribution in [0.3, 0.4) is 0 Å². The molecule has 3 aliphatic heterocycles. The number of carbonyl (C=O) groups is 2. The molecule has 3 aliphatic rings. The molecule has 2 amide bonds. The van der Waals surface area contributed by atoms with Crippen LogP contribution in [0.5, 0.6) is 5.75 Å². The van der Waals surface area contributed by atoms with Crippen LogP contribution in [0.15, 0.2) is 42.5 Å². The van der Waals surface area contributed by atoms with Crippen molar-refractivity contribution in [3.8, 4) is 5.75 Å². The summed E-state index contributed by atoms with van der Waals surface area (Å²) in [4.78, 5) is 28.6. The van der Waals surface area contributed by atoms with E-state index in [1.54, 1.807) is 0 Å². The molecule has 6 nitrogen and oxygen atoms in total. The topological polar surface area (TPSA) is 61.9 Å². The molecule has 0 saturated carbocycles. The number of ether oxygens (including phenoxy) is 1. The lowest BCUT2D eigenvalue weighted by molar-refractivity contribution is -0.134. The highest BCUT2D eigenvalue weighted by atomic mass is 16.5. The maximum atomic E-state index is 12.7. The molecule has 1 N–H and O–H groups in total. The smallest absolute Gasteiger partial charge is 0.260 e. The monoisotopic (exact) mass is 419 g/mol. The van der Waals surface area contributed by atoms with Gasteiger partial charge in [0, 0.05) is 44.0 Å². The third-order valence-electron chi connectivity index (χ3n) is 6.76. The number of amides is 2. The third kappa shape index (κ3) is 4.38. The Kier molecular flexibility index (Phi) is 5.53. The lowest BCUT2D eigenvalue weighted by atomic mass is 9.96. The number of rotatable bonds is 5. The van der Waals surface area contributed by atoms with Crippen molar-refractivity contribution < 1.29 is 14.3 Å². The highest BCUT2D eigenvalue weighted by Gasteiger charge is 2.27. The Morgan fingerprint density at radius 3 is 2.71 bits per heavy atom. The minimum atomic E-state index is 0.0497. The fraction of sp³-hybridized carbons (Fsp3) is 0.440. The predicted molar refractivity (Wildman–Crippen MR) is 121 cm³/mol. The number of hydrogen-bond donors (Lipinski definition) is 1. The van der Waals surface area contributed by atoms with Crippen LogP contribution < -0.4 is 15.0 Å². The Bertz CT molecular complexity index is 982. The first kappa shape index (κ1) is 19.9. The average molecular weight is 420 g/mol. The fourth-order valence-corrected chi connectivity index (χ4v) is 4.96. The van der Waals surface area contributed by atoms with Gasteiger partial charge >= 0.3 is 0 Å². The van der Waals surface area contributed by atoms with E-state index in [-0.39, 0.29) is 18.4 Å². The van der Waals surface area contributed by atoms with E-state index in [0.717, 1.165) is 56.7 Å². The summed E-state index contributed by atoms with van der Waals surface area (Å²) in [6.45, 7) is 3.87. The van der Waals surface area contributed by atoms with Gasteiger partial charge in [0.15, 0.2) is 6.61 Å². The second-order valence-corrected chi connectivity index (χ2v) is 8.80. The standard InChI is InChI=1S/C25H29N3O3/c29-24-8-5-20-15-21(6-7-22(20)26-24)31-17-25(30)27-12-9-18(10-13-27)16-28-14-11-19-3-1-2-4-23(19)28/h1-4,6-7,15,18H,5,8-14,16-17H2,(H,26,29). The summed E-state index contributed by atoms with van der Waals surface area (Å²) >= 11 is 0. The van der Waals surface area contributed by atoms with Crippen molar-refractivity contribution in [2.75, 3.05) is 43.0 Å². The van der Waals surface area contributed by atoms with Crippen LogP contribution in [0, 0.1) is 5.92 Å². The molecule has 0 spiro atoms. The zero-order chi connectivity index (χ0) is 21.2. The average Bonchev–Trinajstić information content (AvgIpc) is 3.21. The summed E-state index contributed by atoms with van der Waals surface area (Å²) in [5.41, 5.74) is 4.75. The molecule has 0 atom stereocenters. The van der Waals surface area contributed by atoms with Gasteiger partial charge in [0.2, 0.25) is 5.91 Å². The zero-order valence-electron chi connectivity index (χ0n) is 17.8. The minimum Gasteiger partial charge on any atom is -0.484 e. The molecule has 1 fully saturated rings. The van der Waals surface area contributed by atoms with Gasteiger partial charge < -0.3 is 19.9 Å². The molecule has 0 unspecified atom stereocenters. The van der Waals surface area contributed by atoms with Crippen molar-refractivity contribution in [3.05, 3.63) is 53.6 Å². The Morgan fingerprint density at radius 2 is 1.84 bits per heavy atom. The van der Waals surface area contributed by atoms with Gasteiger partial charge in [-0.05, 0) is 67.0 Å². The first-order valence-corrected chi connectivity index (χ1v) is 11.3. The number of nitrogens with one attached hydrogen (secondary N) is 1. The van der Waals surface area contributed by atoms with Gasteiger partial charge in [-0.3, -0.25) is 9.59 Å². The number of anilines is 2. The summed E-state index contributed by atoms with van der Waals surface area (Å²) in [6, 6.07) is 14.3. The second-order valence-electron chi connectivity index (χ2n) is 8.80. The molecule has 6 heteroatoms. The lowest BCUT2D eigenvalue weighted by Crippen LogP contribution is -2.43. The second kappa shape index (κ2) is 8.61. The Labute approximate surface area is 183 Å². The molecule has 0 bridgehead atoms. The molecule has 162 valence electrons. The molecular formula is C25H29N3O3. The van der Waals surface area contributed by atoms with Crippen LogP contribution in [-0.2, 0) is 22.4 Å². The van der Waals surface area contributed by atoms with Crippen LogP contribution in [0.1, 0.15) is 30.4 Å². The summed E-state index contributed by atoms with van der Waals surface area (Å²) in [5.74, 6) is 1.42. The van der Waals surface area contributed by atoms with Crippen molar-refractivity contribution in [3.63, 3.8) is 0 Å². The van der Waals surface area contributed by atoms with E-state index >= 15 is 0 Å². The molecule has 0 aliphatic carbocycles. The van der Waals surface area contributed by atoms with E-state index in [2.05, 4.69) is 34.5 Å². The molecule has 2 aromatic rings. The van der Waals surface area contributed by atoms with Gasteiger partial charge in [0.1, 0.15) is 5.75 Å². The number of para-hydroxylation sites is 1. The molecule has 1 saturated heterocycles. The SMILES string of the molecule is O=C1CCc2cc(OCC(=O)N3CCC(CN4CCc5ccccc54)CC3)ccc2N1. The van der Waals surface area contributed by atoms with Gasteiger partial charge in [-0.15, -0.1) is 0 Å². The highest BCUT2D eigenvalue weighted by molar-refractivity contribution is 5.94. The summed E-state index contributed by atoms with van der Waals surface area (Å²) in [5, 5.41) is 2.87. The molecule has 2 aromatic carbocycles. The third-order valence-corrected chi connectivity index (χ3v) is 6.76. The molecular weight excluding hydrogens is 390 g/mol. The van der Waals surface area contributed by atoms with Crippen LogP contribution in [0.2, 0.25) is 0 Å². The van der Waals surface area contributed by atoms with Gasteiger partial charge in [-0.25, -0.2) is 0 Å². The lowest BCUT2D eigenvalue weighted by Gasteiger charge is -2.34. The van der Waals surface area contributed by atoms with E-state index < -0.39 is 0 Å². The van der Waals surface area contributed by atoms with E-state index in [0.29, 0.717) is 24.5 Å². The van der Waals surface area contributed by atoms with E-state index in [9.17, 15) is 9.59 Å². The number of likely N-dealkylation sites (tertiary alicyclic amines) is 1. The quantitative estimate of drug-likeness (QED) is 0.808. The number of nitrogens with zero attached hydrogens (tertiary/aromatic N) is 2. The number of aryl methyl sites for hydroxylation is 1. The van der Waals surface area contributed by atoms with Crippen LogP contribution in [0.25, 0.3) is 0 Å². The van der Waals surface area contributed by atoms with Crippen molar-refractivity contribution in [2.45, 2.75) is 32.1 Å². The van der Waals surface area contributed by atoms with E-state index in [1.165, 1.54) is 11.3 Å². The molecule has 0 radical (unpaired) electrons. The number of benzene rings is 2. The Balaban J connectivity index is 1.09. The predicted octanol–water partition coefficient (Wildman–Crippen LogP) is 3.25. The first-order chi connectivity index (χ1) is 15.2. The van der Waals surface area contributed by atoms with Gasteiger partial charge in [0.25, 0.3) is 5.91 Å². The fourth-order valence-electron chi connectivity index (χ4n) is 4.96. The van der Waals surface area contributed by atoms with Gasteiger partial charge in [-0.2, -0.15) is 0 Å². The summed E-state index contributed by atoms with van der Waals surface area (Å²) in [7, 11) is 0. The Morgan fingerprint density at radius 1 is 1.00 bits per heavy atom. The number of fused-ring (bicyclic) bond motifs is 2. The molecule has 31 heavy (non-hydrogen) atoms. The van der Waals surface area contributed by atoms with Gasteiger partial charge in [0.05, 0.1) is 0 Å². The van der Waals surface area contributed by atoms with E-state index in [4.69, 9.17) is 4.74 Å². The van der Waals surface area contributed by atoms with Crippen LogP contribution in [-0.4, -0.2) is 49.5 Å². The maximum absolute atomic E-state index is 12.7. The molecule has 3 heterocycles. The van der Waals surface area contributed by atoms with Crippen molar-refractivity contribution >= 4 is 23.2 Å². The Hall–Kier alpha value is -3.02. The summed E-state index contributed by atoms with van der Waals surface area (Å²) in [6.07, 6.45) is 4.43. The zero-order valence-corrected chi connectivity index (χ0v) is 17.8.